The molecule has 1 heterocycles. The molecule has 114 valence electrons. The fourth-order valence-electron chi connectivity index (χ4n) is 2.77. The highest BCUT2D eigenvalue weighted by molar-refractivity contribution is 5.87. The van der Waals surface area contributed by atoms with Gasteiger partial charge in [-0.3, -0.25) is 14.5 Å². The smallest absolute Gasteiger partial charge is 0.241 e. The van der Waals surface area contributed by atoms with E-state index < -0.39 is 24.2 Å². The van der Waals surface area contributed by atoms with Crippen LogP contribution in [-0.4, -0.2) is 53.5 Å². The summed E-state index contributed by atoms with van der Waals surface area (Å²) in [6.07, 6.45) is 0.521. The number of benzene rings is 1. The van der Waals surface area contributed by atoms with Crippen molar-refractivity contribution in [3.8, 4) is 0 Å². The highest BCUT2D eigenvalue weighted by Gasteiger charge is 2.49. The van der Waals surface area contributed by atoms with Gasteiger partial charge < -0.3 is 4.90 Å². The summed E-state index contributed by atoms with van der Waals surface area (Å²) < 4.78 is 12.6. The predicted octanol–water partition coefficient (Wildman–Crippen LogP) is 1.65. The molecule has 0 N–H and O–H groups in total. The van der Waals surface area contributed by atoms with Crippen molar-refractivity contribution in [3.63, 3.8) is 0 Å². The number of likely N-dealkylation sites (N-methyl/N-ethyl adjacent to an activating group) is 1. The molecule has 1 fully saturated rings. The van der Waals surface area contributed by atoms with Crippen molar-refractivity contribution < 1.29 is 14.0 Å². The average Bonchev–Trinajstić information content (AvgIpc) is 2.63. The van der Waals surface area contributed by atoms with Crippen LogP contribution in [0.5, 0.6) is 0 Å². The zero-order chi connectivity index (χ0) is 15.6. The second-order valence-electron chi connectivity index (χ2n) is 5.90. The summed E-state index contributed by atoms with van der Waals surface area (Å²) >= 11 is 0. The molecule has 4 nitrogen and oxygen atoms in total. The summed E-state index contributed by atoms with van der Waals surface area (Å²) in [5, 5.41) is 0. The number of halogens is 1. The van der Waals surface area contributed by atoms with Gasteiger partial charge in [0.25, 0.3) is 0 Å². The summed E-state index contributed by atoms with van der Waals surface area (Å²) in [4.78, 5) is 27.4. The molecular formula is C16H21FN2O2. The molecule has 1 aromatic rings. The third-order valence-corrected chi connectivity index (χ3v) is 4.28. The topological polar surface area (TPSA) is 40.6 Å². The Labute approximate surface area is 124 Å². The van der Waals surface area contributed by atoms with Crippen LogP contribution in [0, 0.1) is 0 Å². The van der Waals surface area contributed by atoms with E-state index in [9.17, 15) is 14.0 Å². The number of alkyl halides is 1. The van der Waals surface area contributed by atoms with E-state index in [2.05, 4.69) is 0 Å². The van der Waals surface area contributed by atoms with Crippen LogP contribution in [0.25, 0.3) is 0 Å². The molecule has 5 heteroatoms. The van der Waals surface area contributed by atoms with Crippen molar-refractivity contribution in [2.24, 2.45) is 0 Å². The highest BCUT2D eigenvalue weighted by Crippen LogP contribution is 2.31. The van der Waals surface area contributed by atoms with Gasteiger partial charge in [0.15, 0.2) is 5.78 Å². The summed E-state index contributed by atoms with van der Waals surface area (Å²) in [5.74, 6) is -0.528. The second kappa shape index (κ2) is 5.93. The first-order valence-corrected chi connectivity index (χ1v) is 7.04. The zero-order valence-electron chi connectivity index (χ0n) is 12.7. The van der Waals surface area contributed by atoms with E-state index in [-0.39, 0.29) is 12.5 Å². The van der Waals surface area contributed by atoms with Crippen molar-refractivity contribution in [1.82, 2.24) is 9.80 Å². The molecule has 0 unspecified atom stereocenters. The predicted molar refractivity (Wildman–Crippen MR) is 78.5 cm³/mol. The van der Waals surface area contributed by atoms with Gasteiger partial charge in [-0.2, -0.15) is 0 Å². The van der Waals surface area contributed by atoms with Gasteiger partial charge in [-0.15, -0.1) is 0 Å². The standard InChI is InChI=1S/C16H21FN2O2/c1-16(2)18(3)15(21)14(19(16)11-13(20)10-17)9-12-7-5-4-6-8-12/h4-8,14H,9-11H2,1-3H3/t14-/m0/s1. The lowest BCUT2D eigenvalue weighted by molar-refractivity contribution is -0.130. The number of carbonyl (C=O) groups excluding carboxylic acids is 2. The van der Waals surface area contributed by atoms with Gasteiger partial charge in [0.05, 0.1) is 18.2 Å². The number of hydrogen-bond donors (Lipinski definition) is 0. The Kier molecular flexibility index (Phi) is 4.42. The lowest BCUT2D eigenvalue weighted by Gasteiger charge is -2.36. The summed E-state index contributed by atoms with van der Waals surface area (Å²) in [6.45, 7) is 2.71. The molecule has 1 atom stereocenters. The molecule has 0 saturated carbocycles. The summed E-state index contributed by atoms with van der Waals surface area (Å²) in [7, 11) is 1.72. The molecule has 0 aliphatic carbocycles. The van der Waals surface area contributed by atoms with Gasteiger partial charge in [-0.25, -0.2) is 4.39 Å². The minimum Gasteiger partial charge on any atom is -0.326 e. The van der Waals surface area contributed by atoms with Gasteiger partial charge in [-0.1, -0.05) is 30.3 Å². The lowest BCUT2D eigenvalue weighted by Crippen LogP contribution is -2.51. The van der Waals surface area contributed by atoms with E-state index in [0.717, 1.165) is 5.56 Å². The van der Waals surface area contributed by atoms with Crippen LogP contribution < -0.4 is 0 Å². The molecule has 0 aromatic heterocycles. The van der Waals surface area contributed by atoms with Gasteiger partial charge in [-0.05, 0) is 25.8 Å². The third kappa shape index (κ3) is 2.97. The van der Waals surface area contributed by atoms with Crippen LogP contribution in [-0.2, 0) is 16.0 Å². The van der Waals surface area contributed by atoms with Gasteiger partial charge in [0.2, 0.25) is 5.91 Å². The van der Waals surface area contributed by atoms with E-state index >= 15 is 0 Å². The monoisotopic (exact) mass is 292 g/mol. The van der Waals surface area contributed by atoms with Gasteiger partial charge in [0, 0.05) is 7.05 Å². The van der Waals surface area contributed by atoms with Crippen LogP contribution in [0.15, 0.2) is 30.3 Å². The Morgan fingerprint density at radius 2 is 1.90 bits per heavy atom. The van der Waals surface area contributed by atoms with Crippen molar-refractivity contribution in [2.75, 3.05) is 20.3 Å². The number of hydrogen-bond acceptors (Lipinski definition) is 3. The third-order valence-electron chi connectivity index (χ3n) is 4.28. The Morgan fingerprint density at radius 3 is 2.48 bits per heavy atom. The number of carbonyl (C=O) groups is 2. The molecule has 21 heavy (non-hydrogen) atoms. The van der Waals surface area contributed by atoms with Crippen molar-refractivity contribution in [1.29, 1.82) is 0 Å². The fraction of sp³-hybridized carbons (Fsp3) is 0.500. The average molecular weight is 292 g/mol. The van der Waals surface area contributed by atoms with Crippen LogP contribution in [0.3, 0.4) is 0 Å². The quantitative estimate of drug-likeness (QED) is 0.828. The van der Waals surface area contributed by atoms with Crippen molar-refractivity contribution in [3.05, 3.63) is 35.9 Å². The first-order valence-electron chi connectivity index (χ1n) is 7.04. The molecule has 0 radical (unpaired) electrons. The van der Waals surface area contributed by atoms with Gasteiger partial charge in [0.1, 0.15) is 6.67 Å². The number of nitrogens with zero attached hydrogens (tertiary/aromatic N) is 2. The van der Waals surface area contributed by atoms with E-state index in [1.54, 1.807) is 16.8 Å². The molecule has 1 aromatic carbocycles. The number of amides is 1. The van der Waals surface area contributed by atoms with Crippen LogP contribution in [0.1, 0.15) is 19.4 Å². The minimum absolute atomic E-state index is 0.0319. The first kappa shape index (κ1) is 15.6. The Balaban J connectivity index is 2.27. The molecule has 1 aliphatic heterocycles. The van der Waals surface area contributed by atoms with E-state index in [0.29, 0.717) is 6.42 Å². The second-order valence-corrected chi connectivity index (χ2v) is 5.90. The Bertz CT molecular complexity index is 530. The minimum atomic E-state index is -0.997. The summed E-state index contributed by atoms with van der Waals surface area (Å²) in [5.41, 5.74) is 0.432. The SMILES string of the molecule is CN1C(=O)[C@H](Cc2ccccc2)N(CC(=O)CF)C1(C)C. The normalized spacial score (nSPS) is 21.8. The fourth-order valence-corrected chi connectivity index (χ4v) is 2.77. The Morgan fingerprint density at radius 1 is 1.29 bits per heavy atom. The Hall–Kier alpha value is -1.75. The molecule has 1 aliphatic rings. The van der Waals surface area contributed by atoms with E-state index in [1.165, 1.54) is 0 Å². The van der Waals surface area contributed by atoms with Gasteiger partial charge >= 0.3 is 0 Å². The number of rotatable bonds is 5. The van der Waals surface area contributed by atoms with Crippen molar-refractivity contribution >= 4 is 11.7 Å². The number of Topliss-reactive ketones (excluding diaryl/α,β-unsaturated/α-hetero) is 1. The largest absolute Gasteiger partial charge is 0.326 e. The van der Waals surface area contributed by atoms with Crippen LogP contribution in [0.4, 0.5) is 4.39 Å². The van der Waals surface area contributed by atoms with E-state index in [1.807, 2.05) is 44.2 Å². The molecule has 0 spiro atoms. The highest BCUT2D eigenvalue weighted by atomic mass is 19.1. The molecule has 1 amide bonds. The molecular weight excluding hydrogens is 271 g/mol. The zero-order valence-corrected chi connectivity index (χ0v) is 12.7. The number of ketones is 1. The van der Waals surface area contributed by atoms with Crippen LogP contribution >= 0.6 is 0 Å². The summed E-state index contributed by atoms with van der Waals surface area (Å²) in [6, 6.07) is 9.23. The molecule has 0 bridgehead atoms. The maximum Gasteiger partial charge on any atom is 0.241 e. The van der Waals surface area contributed by atoms with Crippen LogP contribution in [0.2, 0.25) is 0 Å². The van der Waals surface area contributed by atoms with E-state index in [4.69, 9.17) is 0 Å². The first-order chi connectivity index (χ1) is 9.87. The lowest BCUT2D eigenvalue weighted by atomic mass is 10.0. The maximum absolute atomic E-state index is 12.6. The maximum atomic E-state index is 12.6. The molecule has 1 saturated heterocycles. The van der Waals surface area contributed by atoms with Crippen molar-refractivity contribution in [2.45, 2.75) is 32.0 Å². The molecule has 2 rings (SSSR count).